The Morgan fingerprint density at radius 1 is 1.09 bits per heavy atom. The third-order valence-corrected chi connectivity index (χ3v) is 4.96. The van der Waals surface area contributed by atoms with Crippen LogP contribution in [0.15, 0.2) is 57.8 Å². The highest BCUT2D eigenvalue weighted by Gasteiger charge is 2.37. The minimum atomic E-state index is -3.90. The zero-order valence-corrected chi connectivity index (χ0v) is 13.4. The maximum absolute atomic E-state index is 12.5. The second kappa shape index (κ2) is 5.46. The van der Waals surface area contributed by atoms with Crippen LogP contribution in [0.2, 0.25) is 0 Å². The first kappa shape index (κ1) is 15.1. The fraction of sp³-hybridized carbons (Fsp3) is 0.125. The summed E-state index contributed by atoms with van der Waals surface area (Å²) in [6.45, 7) is 1.88. The van der Waals surface area contributed by atoms with Crippen molar-refractivity contribution in [2.24, 2.45) is 4.40 Å². The molecule has 1 heterocycles. The summed E-state index contributed by atoms with van der Waals surface area (Å²) in [7, 11) is -2.22. The summed E-state index contributed by atoms with van der Waals surface area (Å²) in [5.41, 5.74) is 11.8. The molecule has 0 bridgehead atoms. The molecular formula is C16H14N4O2S. The van der Waals surface area contributed by atoms with Crippen LogP contribution in [0.5, 0.6) is 0 Å². The fourth-order valence-electron chi connectivity index (χ4n) is 2.44. The quantitative estimate of drug-likeness (QED) is 0.626. The van der Waals surface area contributed by atoms with Gasteiger partial charge in [-0.1, -0.05) is 29.8 Å². The van der Waals surface area contributed by atoms with Crippen LogP contribution >= 0.6 is 0 Å². The fourth-order valence-corrected chi connectivity index (χ4v) is 3.46. The molecule has 116 valence electrons. The van der Waals surface area contributed by atoms with Crippen molar-refractivity contribution in [3.05, 3.63) is 65.2 Å². The van der Waals surface area contributed by atoms with Gasteiger partial charge in [0, 0.05) is 7.05 Å². The van der Waals surface area contributed by atoms with Crippen LogP contribution in [0.25, 0.3) is 5.53 Å². The highest BCUT2D eigenvalue weighted by atomic mass is 32.2. The average molecular weight is 326 g/mol. The first-order valence-corrected chi connectivity index (χ1v) is 8.35. The third kappa shape index (κ3) is 2.56. The molecule has 0 saturated carbocycles. The van der Waals surface area contributed by atoms with E-state index in [2.05, 4.69) is 9.19 Å². The molecule has 23 heavy (non-hydrogen) atoms. The van der Waals surface area contributed by atoms with Gasteiger partial charge in [-0.15, -0.1) is 4.40 Å². The summed E-state index contributed by atoms with van der Waals surface area (Å²) >= 11 is 0. The summed E-state index contributed by atoms with van der Waals surface area (Å²) in [6.07, 6.45) is 0. The Labute approximate surface area is 134 Å². The van der Waals surface area contributed by atoms with Gasteiger partial charge in [0.25, 0.3) is 10.0 Å². The molecule has 0 saturated heterocycles. The predicted molar refractivity (Wildman–Crippen MR) is 88.4 cm³/mol. The van der Waals surface area contributed by atoms with E-state index in [0.717, 1.165) is 11.3 Å². The topological polar surface area (TPSA) is 86.1 Å². The summed E-state index contributed by atoms with van der Waals surface area (Å²) in [5, 5.41) is 0. The van der Waals surface area contributed by atoms with Gasteiger partial charge in [0.15, 0.2) is 0 Å². The van der Waals surface area contributed by atoms with Crippen LogP contribution in [-0.2, 0) is 10.0 Å². The van der Waals surface area contributed by atoms with E-state index in [1.165, 1.54) is 12.1 Å². The van der Waals surface area contributed by atoms with E-state index in [1.54, 1.807) is 36.2 Å². The normalized spacial score (nSPS) is 15.7. The lowest BCUT2D eigenvalue weighted by Gasteiger charge is -2.10. The second-order valence-corrected chi connectivity index (χ2v) is 6.83. The number of aryl methyl sites for hydroxylation is 1. The van der Waals surface area contributed by atoms with Gasteiger partial charge >= 0.3 is 5.71 Å². The molecule has 0 aliphatic carbocycles. The van der Waals surface area contributed by atoms with Crippen LogP contribution in [0.3, 0.4) is 0 Å². The molecule has 1 aliphatic heterocycles. The van der Waals surface area contributed by atoms with Gasteiger partial charge in [0.1, 0.15) is 0 Å². The standard InChI is InChI=1S/C16H14N4O2S/c1-11-7-9-12(10-8-11)23(21,22)19-16-15(18-17)13-5-3-4-6-14(13)20(16)2/h3-10H,1-2H3/b19-16-. The smallest absolute Gasteiger partial charge is 0.361 e. The molecule has 1 aliphatic rings. The molecule has 0 spiro atoms. The molecule has 0 radical (unpaired) electrons. The van der Waals surface area contributed by atoms with E-state index in [9.17, 15) is 13.9 Å². The molecule has 0 unspecified atom stereocenters. The van der Waals surface area contributed by atoms with Gasteiger partial charge in [-0.25, -0.2) is 0 Å². The van der Waals surface area contributed by atoms with Crippen LogP contribution in [0.4, 0.5) is 5.69 Å². The molecule has 0 aromatic heterocycles. The molecule has 2 aromatic carbocycles. The van der Waals surface area contributed by atoms with Gasteiger partial charge in [-0.3, -0.25) is 0 Å². The third-order valence-electron chi connectivity index (χ3n) is 3.68. The zero-order valence-electron chi connectivity index (χ0n) is 12.6. The van der Waals surface area contributed by atoms with E-state index in [-0.39, 0.29) is 16.4 Å². The minimum Gasteiger partial charge on any atom is -0.361 e. The maximum atomic E-state index is 12.5. The van der Waals surface area contributed by atoms with Crippen LogP contribution in [0, 0.1) is 6.92 Å². The van der Waals surface area contributed by atoms with Gasteiger partial charge in [0.05, 0.1) is 16.1 Å². The maximum Gasteiger partial charge on any atom is 0.367 e. The molecule has 7 heteroatoms. The van der Waals surface area contributed by atoms with Crippen molar-refractivity contribution in [2.45, 2.75) is 11.8 Å². The van der Waals surface area contributed by atoms with Crippen molar-refractivity contribution < 1.29 is 13.2 Å². The van der Waals surface area contributed by atoms with E-state index in [1.807, 2.05) is 19.1 Å². The second-order valence-electron chi connectivity index (χ2n) is 5.23. The highest BCUT2D eigenvalue weighted by molar-refractivity contribution is 7.90. The van der Waals surface area contributed by atoms with E-state index in [0.29, 0.717) is 5.56 Å². The Balaban J connectivity index is 2.13. The van der Waals surface area contributed by atoms with Gasteiger partial charge < -0.3 is 10.4 Å². The van der Waals surface area contributed by atoms with E-state index in [4.69, 9.17) is 0 Å². The molecule has 2 aromatic rings. The number of para-hydroxylation sites is 1. The van der Waals surface area contributed by atoms with Crippen LogP contribution in [0.1, 0.15) is 11.1 Å². The van der Waals surface area contributed by atoms with Crippen molar-refractivity contribution in [1.29, 1.82) is 0 Å². The molecule has 0 atom stereocenters. The Bertz CT molecular complexity index is 956. The summed E-state index contributed by atoms with van der Waals surface area (Å²) < 4.78 is 28.9. The van der Waals surface area contributed by atoms with Gasteiger partial charge in [-0.05, 0) is 31.2 Å². The summed E-state index contributed by atoms with van der Waals surface area (Å²) in [5.74, 6) is 0.0919. The average Bonchev–Trinajstić information content (AvgIpc) is 2.80. The van der Waals surface area contributed by atoms with Crippen molar-refractivity contribution in [3.8, 4) is 0 Å². The number of anilines is 1. The molecule has 6 nitrogen and oxygen atoms in total. The Morgan fingerprint density at radius 2 is 1.74 bits per heavy atom. The van der Waals surface area contributed by atoms with E-state index >= 15 is 0 Å². The lowest BCUT2D eigenvalue weighted by molar-refractivity contribution is -0.000201. The van der Waals surface area contributed by atoms with Gasteiger partial charge in [0.2, 0.25) is 5.84 Å². The number of benzene rings is 2. The van der Waals surface area contributed by atoms with Crippen molar-refractivity contribution in [2.75, 3.05) is 11.9 Å². The first-order chi connectivity index (χ1) is 10.9. The molecular weight excluding hydrogens is 312 g/mol. The molecule has 3 rings (SSSR count). The Morgan fingerprint density at radius 3 is 2.39 bits per heavy atom. The molecule has 0 amide bonds. The SMILES string of the molecule is Cc1ccc(S(=O)(=O)/N=C2/C(=[N+]=[N-])c3ccccc3N2C)cc1. The number of rotatable bonds is 2. The largest absolute Gasteiger partial charge is 0.367 e. The number of likely N-dealkylation sites (N-methyl/N-ethyl adjacent to an activating group) is 1. The number of sulfonamides is 1. The predicted octanol–water partition coefficient (Wildman–Crippen LogP) is 2.25. The zero-order chi connectivity index (χ0) is 16.6. The lowest BCUT2D eigenvalue weighted by Crippen LogP contribution is -2.28. The molecule has 0 N–H and O–H groups in total. The van der Waals surface area contributed by atoms with Crippen molar-refractivity contribution in [3.63, 3.8) is 0 Å². The number of hydrogen-bond donors (Lipinski definition) is 0. The monoisotopic (exact) mass is 326 g/mol. The number of nitrogens with zero attached hydrogens (tertiary/aromatic N) is 4. The highest BCUT2D eigenvalue weighted by Crippen LogP contribution is 2.28. The minimum absolute atomic E-state index is 0.0919. The summed E-state index contributed by atoms with van der Waals surface area (Å²) in [6, 6.07) is 13.6. The Hall–Kier alpha value is -2.76. The number of amidine groups is 1. The van der Waals surface area contributed by atoms with Crippen molar-refractivity contribution in [1.82, 2.24) is 0 Å². The Kier molecular flexibility index (Phi) is 3.60. The van der Waals surface area contributed by atoms with Crippen molar-refractivity contribution >= 4 is 27.3 Å². The van der Waals surface area contributed by atoms with Crippen LogP contribution in [-0.4, -0.2) is 31.8 Å². The first-order valence-electron chi connectivity index (χ1n) is 6.91. The van der Waals surface area contributed by atoms with Gasteiger partial charge in [-0.2, -0.15) is 13.2 Å². The molecule has 0 fully saturated rings. The summed E-state index contributed by atoms with van der Waals surface area (Å²) in [4.78, 5) is 4.92. The van der Waals surface area contributed by atoms with Crippen LogP contribution < -0.4 is 4.90 Å². The lowest BCUT2D eigenvalue weighted by atomic mass is 10.1. The van der Waals surface area contributed by atoms with E-state index < -0.39 is 10.0 Å². The number of fused-ring (bicyclic) bond motifs is 1. The number of hydrogen-bond acceptors (Lipinski definition) is 2.